The Morgan fingerprint density at radius 2 is 2.24 bits per heavy atom. The van der Waals surface area contributed by atoms with E-state index in [9.17, 15) is 9.18 Å². The van der Waals surface area contributed by atoms with Crippen LogP contribution in [0, 0.1) is 5.82 Å². The third kappa shape index (κ3) is 4.23. The van der Waals surface area contributed by atoms with Crippen molar-refractivity contribution in [1.82, 2.24) is 9.88 Å². The summed E-state index contributed by atoms with van der Waals surface area (Å²) < 4.78 is 18.5. The summed E-state index contributed by atoms with van der Waals surface area (Å²) in [5.74, 6) is -0.490. The van der Waals surface area contributed by atoms with Crippen LogP contribution in [0.1, 0.15) is 18.9 Å². The van der Waals surface area contributed by atoms with Gasteiger partial charge < -0.3 is 9.64 Å². The molecule has 1 aromatic carbocycles. The molecule has 0 atom stereocenters. The Morgan fingerprint density at radius 3 is 3.00 bits per heavy atom. The first-order valence-corrected chi connectivity index (χ1v) is 6.97. The van der Waals surface area contributed by atoms with Gasteiger partial charge in [-0.1, -0.05) is 6.07 Å². The molecule has 4 nitrogen and oxygen atoms in total. The van der Waals surface area contributed by atoms with Gasteiger partial charge >= 0.3 is 5.97 Å². The number of fused-ring (bicyclic) bond motifs is 1. The Balaban J connectivity index is 2.07. The van der Waals surface area contributed by atoms with E-state index in [1.807, 2.05) is 18.0 Å². The average molecular weight is 290 g/mol. The molecule has 0 aliphatic rings. The van der Waals surface area contributed by atoms with Crippen LogP contribution in [0.5, 0.6) is 0 Å². The zero-order chi connectivity index (χ0) is 15.2. The van der Waals surface area contributed by atoms with Gasteiger partial charge in [-0.25, -0.2) is 4.39 Å². The summed E-state index contributed by atoms with van der Waals surface area (Å²) in [5, 5.41) is 0.784. The van der Waals surface area contributed by atoms with E-state index < -0.39 is 0 Å². The van der Waals surface area contributed by atoms with E-state index in [2.05, 4.69) is 4.98 Å². The minimum atomic E-state index is -0.274. The number of rotatable bonds is 6. The molecule has 112 valence electrons. The summed E-state index contributed by atoms with van der Waals surface area (Å²) in [7, 11) is 1.89. The smallest absolute Gasteiger partial charge is 0.307 e. The highest BCUT2D eigenvalue weighted by Gasteiger charge is 2.10. The van der Waals surface area contributed by atoms with Crippen LogP contribution < -0.4 is 0 Å². The second-order valence-electron chi connectivity index (χ2n) is 4.93. The maximum atomic E-state index is 13.6. The first-order chi connectivity index (χ1) is 10.1. The largest absolute Gasteiger partial charge is 0.466 e. The van der Waals surface area contributed by atoms with Gasteiger partial charge in [-0.2, -0.15) is 0 Å². The first kappa shape index (κ1) is 15.4. The van der Waals surface area contributed by atoms with Gasteiger partial charge in [-0.3, -0.25) is 9.78 Å². The van der Waals surface area contributed by atoms with E-state index in [1.165, 1.54) is 12.1 Å². The Hall–Kier alpha value is -2.01. The van der Waals surface area contributed by atoms with Crippen molar-refractivity contribution in [2.24, 2.45) is 0 Å². The third-order valence-corrected chi connectivity index (χ3v) is 3.19. The van der Waals surface area contributed by atoms with Crippen LogP contribution in [0.25, 0.3) is 10.9 Å². The van der Waals surface area contributed by atoms with Gasteiger partial charge in [-0.15, -0.1) is 0 Å². The van der Waals surface area contributed by atoms with Crippen LogP contribution in [0.15, 0.2) is 30.5 Å². The number of aromatic nitrogens is 1. The molecule has 0 saturated carbocycles. The second-order valence-corrected chi connectivity index (χ2v) is 4.93. The van der Waals surface area contributed by atoms with Gasteiger partial charge in [0.25, 0.3) is 0 Å². The molecule has 0 unspecified atom stereocenters. The van der Waals surface area contributed by atoms with Gasteiger partial charge in [-0.05, 0) is 37.7 Å². The van der Waals surface area contributed by atoms with E-state index >= 15 is 0 Å². The molecule has 0 spiro atoms. The normalized spacial score (nSPS) is 11.0. The predicted molar refractivity (Wildman–Crippen MR) is 79.3 cm³/mol. The lowest BCUT2D eigenvalue weighted by Gasteiger charge is -2.17. The van der Waals surface area contributed by atoms with Crippen molar-refractivity contribution in [2.45, 2.75) is 19.9 Å². The van der Waals surface area contributed by atoms with Crippen LogP contribution in [0.3, 0.4) is 0 Å². The number of hydrogen-bond acceptors (Lipinski definition) is 4. The Kier molecular flexibility index (Phi) is 5.22. The fourth-order valence-electron chi connectivity index (χ4n) is 2.23. The minimum absolute atomic E-state index is 0.216. The van der Waals surface area contributed by atoms with Crippen molar-refractivity contribution < 1.29 is 13.9 Å². The number of nitrogens with zero attached hydrogens (tertiary/aromatic N) is 2. The zero-order valence-corrected chi connectivity index (χ0v) is 12.3. The highest BCUT2D eigenvalue weighted by Crippen LogP contribution is 2.19. The standard InChI is InChI=1S/C16H19FN2O2/c1-3-21-15(20)6-8-19(2)11-13-10-14(17)9-12-5-4-7-18-16(12)13/h4-5,7,9-10H,3,6,8,11H2,1-2H3. The zero-order valence-electron chi connectivity index (χ0n) is 12.3. The maximum absolute atomic E-state index is 13.6. The molecule has 0 radical (unpaired) electrons. The Labute approximate surface area is 123 Å². The maximum Gasteiger partial charge on any atom is 0.307 e. The number of ether oxygens (including phenoxy) is 1. The SMILES string of the molecule is CCOC(=O)CCN(C)Cc1cc(F)cc2cccnc12. The summed E-state index contributed by atoms with van der Waals surface area (Å²) in [6.45, 7) is 3.27. The number of esters is 1. The van der Waals surface area contributed by atoms with Crippen molar-refractivity contribution in [3.8, 4) is 0 Å². The molecule has 1 heterocycles. The fourth-order valence-corrected chi connectivity index (χ4v) is 2.23. The number of carbonyl (C=O) groups is 1. The van der Waals surface area contributed by atoms with Crippen LogP contribution in [0.4, 0.5) is 4.39 Å². The molecule has 0 bridgehead atoms. The number of pyridine rings is 1. The highest BCUT2D eigenvalue weighted by molar-refractivity contribution is 5.81. The van der Waals surface area contributed by atoms with E-state index in [1.54, 1.807) is 19.2 Å². The molecule has 0 fully saturated rings. The van der Waals surface area contributed by atoms with Gasteiger partial charge in [0.15, 0.2) is 0 Å². The number of carbonyl (C=O) groups excluding carboxylic acids is 1. The van der Waals surface area contributed by atoms with Gasteiger partial charge in [0.1, 0.15) is 5.82 Å². The van der Waals surface area contributed by atoms with Crippen LogP contribution in [0.2, 0.25) is 0 Å². The van der Waals surface area contributed by atoms with Crippen LogP contribution >= 0.6 is 0 Å². The van der Waals surface area contributed by atoms with E-state index in [4.69, 9.17) is 4.74 Å². The number of hydrogen-bond donors (Lipinski definition) is 0. The lowest BCUT2D eigenvalue weighted by atomic mass is 10.1. The van der Waals surface area contributed by atoms with Gasteiger partial charge in [0, 0.05) is 24.7 Å². The molecule has 1 aromatic heterocycles. The topological polar surface area (TPSA) is 42.4 Å². The summed E-state index contributed by atoms with van der Waals surface area (Å²) in [4.78, 5) is 17.6. The van der Waals surface area contributed by atoms with Crippen molar-refractivity contribution >= 4 is 16.9 Å². The molecule has 0 aliphatic carbocycles. The molecular formula is C16H19FN2O2. The molecule has 21 heavy (non-hydrogen) atoms. The molecule has 5 heteroatoms. The first-order valence-electron chi connectivity index (χ1n) is 6.97. The molecule has 0 N–H and O–H groups in total. The van der Waals surface area contributed by atoms with Gasteiger partial charge in [0.2, 0.25) is 0 Å². The minimum Gasteiger partial charge on any atom is -0.466 e. The lowest BCUT2D eigenvalue weighted by molar-refractivity contribution is -0.143. The average Bonchev–Trinajstić information content (AvgIpc) is 2.45. The van der Waals surface area contributed by atoms with E-state index in [0.717, 1.165) is 16.5 Å². The second kappa shape index (κ2) is 7.13. The molecule has 0 amide bonds. The van der Waals surface area contributed by atoms with E-state index in [0.29, 0.717) is 26.1 Å². The summed E-state index contributed by atoms with van der Waals surface area (Å²) >= 11 is 0. The highest BCUT2D eigenvalue weighted by atomic mass is 19.1. The summed E-state index contributed by atoms with van der Waals surface area (Å²) in [5.41, 5.74) is 1.61. The Bertz CT molecular complexity index is 631. The van der Waals surface area contributed by atoms with Crippen molar-refractivity contribution in [1.29, 1.82) is 0 Å². The Morgan fingerprint density at radius 1 is 1.43 bits per heavy atom. The van der Waals surface area contributed by atoms with Crippen LogP contribution in [-0.4, -0.2) is 36.1 Å². The number of halogens is 1. The molecule has 0 saturated heterocycles. The molecular weight excluding hydrogens is 271 g/mol. The summed E-state index contributed by atoms with van der Waals surface area (Å²) in [6, 6.07) is 6.60. The van der Waals surface area contributed by atoms with Gasteiger partial charge in [0.05, 0.1) is 18.5 Å². The van der Waals surface area contributed by atoms with E-state index in [-0.39, 0.29) is 11.8 Å². The van der Waals surface area contributed by atoms with Crippen molar-refractivity contribution in [3.63, 3.8) is 0 Å². The molecule has 2 aromatic rings. The van der Waals surface area contributed by atoms with Crippen molar-refractivity contribution in [2.75, 3.05) is 20.2 Å². The predicted octanol–water partition coefficient (Wildman–Crippen LogP) is 2.76. The van der Waals surface area contributed by atoms with Crippen LogP contribution in [-0.2, 0) is 16.1 Å². The quantitative estimate of drug-likeness (QED) is 0.767. The monoisotopic (exact) mass is 290 g/mol. The summed E-state index contributed by atoms with van der Waals surface area (Å²) in [6.07, 6.45) is 2.02. The molecule has 0 aliphatic heterocycles. The lowest BCUT2D eigenvalue weighted by Crippen LogP contribution is -2.22. The molecule has 2 rings (SSSR count). The fraction of sp³-hybridized carbons (Fsp3) is 0.375. The third-order valence-electron chi connectivity index (χ3n) is 3.19. The van der Waals surface area contributed by atoms with Crippen molar-refractivity contribution in [3.05, 3.63) is 41.8 Å². The number of benzene rings is 1.